The van der Waals surface area contributed by atoms with Crippen molar-refractivity contribution in [3.63, 3.8) is 0 Å². The normalized spacial score (nSPS) is 10.5. The molecule has 0 aliphatic heterocycles. The van der Waals surface area contributed by atoms with Gasteiger partial charge in [0.2, 0.25) is 0 Å². The molecule has 0 radical (unpaired) electrons. The van der Waals surface area contributed by atoms with E-state index in [-0.39, 0.29) is 5.69 Å². The first-order valence-corrected chi connectivity index (χ1v) is 5.79. The van der Waals surface area contributed by atoms with Gasteiger partial charge in [0.1, 0.15) is 0 Å². The van der Waals surface area contributed by atoms with Gasteiger partial charge in [0.05, 0.1) is 11.4 Å². The summed E-state index contributed by atoms with van der Waals surface area (Å²) in [5.74, 6) is -1.10. The van der Waals surface area contributed by atoms with Crippen LogP contribution >= 0.6 is 27.5 Å². The topological polar surface area (TPSA) is 68.0 Å². The Morgan fingerprint density at radius 3 is 2.82 bits per heavy atom. The highest BCUT2D eigenvalue weighted by Crippen LogP contribution is 2.25. The summed E-state index contributed by atoms with van der Waals surface area (Å²) in [6, 6.07) is 5.16. The van der Waals surface area contributed by atoms with Crippen molar-refractivity contribution < 1.29 is 9.90 Å². The molecule has 17 heavy (non-hydrogen) atoms. The molecule has 0 fully saturated rings. The minimum atomic E-state index is -1.10. The maximum Gasteiger partial charge on any atom is 0.358 e. The molecule has 1 aromatic carbocycles. The first-order chi connectivity index (χ1) is 8.00. The number of nitrogens with zero attached hydrogens (tertiary/aromatic N) is 3. The lowest BCUT2D eigenvalue weighted by Gasteiger charge is -2.06. The zero-order chi connectivity index (χ0) is 12.6. The number of carbonyl (C=O) groups is 1. The molecule has 0 bridgehead atoms. The van der Waals surface area contributed by atoms with Gasteiger partial charge >= 0.3 is 5.97 Å². The Morgan fingerprint density at radius 2 is 2.24 bits per heavy atom. The van der Waals surface area contributed by atoms with Gasteiger partial charge in [-0.05, 0) is 41.1 Å². The molecule has 7 heteroatoms. The van der Waals surface area contributed by atoms with Gasteiger partial charge in [0.25, 0.3) is 0 Å². The number of rotatable bonds is 2. The third kappa shape index (κ3) is 2.18. The Balaban J connectivity index is 2.61. The summed E-state index contributed by atoms with van der Waals surface area (Å²) in [6.07, 6.45) is 0. The monoisotopic (exact) mass is 315 g/mol. The number of benzene rings is 1. The van der Waals surface area contributed by atoms with Crippen molar-refractivity contribution in [2.75, 3.05) is 0 Å². The van der Waals surface area contributed by atoms with Crippen LogP contribution in [-0.4, -0.2) is 26.1 Å². The third-order valence-electron chi connectivity index (χ3n) is 2.23. The smallest absolute Gasteiger partial charge is 0.358 e. The fraction of sp³-hybridized carbons (Fsp3) is 0.100. The number of hydrogen-bond acceptors (Lipinski definition) is 3. The van der Waals surface area contributed by atoms with Crippen molar-refractivity contribution in [2.24, 2.45) is 0 Å². The van der Waals surface area contributed by atoms with Crippen LogP contribution in [0.3, 0.4) is 0 Å². The quantitative estimate of drug-likeness (QED) is 0.925. The van der Waals surface area contributed by atoms with Gasteiger partial charge in [-0.15, -0.1) is 5.10 Å². The SMILES string of the molecule is Cc1c(C(=O)O)nnn1-c1cc(Cl)ccc1Br. The first-order valence-electron chi connectivity index (χ1n) is 4.61. The Labute approximate surface area is 110 Å². The molecule has 88 valence electrons. The zero-order valence-corrected chi connectivity index (χ0v) is 11.0. The van der Waals surface area contributed by atoms with Crippen LogP contribution in [0.4, 0.5) is 0 Å². The molecule has 5 nitrogen and oxygen atoms in total. The number of aromatic carboxylic acids is 1. The van der Waals surface area contributed by atoms with Crippen molar-refractivity contribution in [2.45, 2.75) is 6.92 Å². The molecule has 0 saturated carbocycles. The van der Waals surface area contributed by atoms with E-state index in [9.17, 15) is 4.79 Å². The highest BCUT2D eigenvalue weighted by molar-refractivity contribution is 9.10. The van der Waals surface area contributed by atoms with Crippen LogP contribution < -0.4 is 0 Å². The fourth-order valence-corrected chi connectivity index (χ4v) is 1.98. The maximum atomic E-state index is 10.9. The molecule has 0 unspecified atom stereocenters. The van der Waals surface area contributed by atoms with E-state index in [1.165, 1.54) is 4.68 Å². The second-order valence-electron chi connectivity index (χ2n) is 3.34. The second kappa shape index (κ2) is 4.46. The molecule has 1 heterocycles. The molecule has 0 aliphatic carbocycles. The Bertz CT molecular complexity index is 597. The van der Waals surface area contributed by atoms with Crippen molar-refractivity contribution >= 4 is 33.5 Å². The molecule has 1 N–H and O–H groups in total. The van der Waals surface area contributed by atoms with Crippen LogP contribution in [0.1, 0.15) is 16.2 Å². The van der Waals surface area contributed by atoms with E-state index in [0.29, 0.717) is 16.4 Å². The third-order valence-corrected chi connectivity index (χ3v) is 3.14. The molecule has 0 saturated heterocycles. The number of hydrogen-bond donors (Lipinski definition) is 1. The number of aromatic nitrogens is 3. The molecule has 1 aromatic heterocycles. The highest BCUT2D eigenvalue weighted by atomic mass is 79.9. The molecular weight excluding hydrogens is 309 g/mol. The lowest BCUT2D eigenvalue weighted by Crippen LogP contribution is -2.03. The summed E-state index contributed by atoms with van der Waals surface area (Å²) in [6.45, 7) is 1.64. The average molecular weight is 317 g/mol. The number of halogens is 2. The molecule has 2 aromatic rings. The first kappa shape index (κ1) is 12.1. The lowest BCUT2D eigenvalue weighted by atomic mass is 10.3. The standard InChI is InChI=1S/C10H7BrClN3O2/c1-5-9(10(16)17)13-14-15(5)8-4-6(12)2-3-7(8)11/h2-4H,1H3,(H,16,17). The molecule has 0 spiro atoms. The van der Waals surface area contributed by atoms with Crippen LogP contribution in [-0.2, 0) is 0 Å². The Kier molecular flexibility index (Phi) is 3.17. The van der Waals surface area contributed by atoms with Crippen LogP contribution in [0.25, 0.3) is 5.69 Å². The van der Waals surface area contributed by atoms with Crippen molar-refractivity contribution in [3.05, 3.63) is 39.1 Å². The average Bonchev–Trinajstić information content (AvgIpc) is 2.64. The largest absolute Gasteiger partial charge is 0.476 e. The summed E-state index contributed by atoms with van der Waals surface area (Å²) < 4.78 is 2.19. The van der Waals surface area contributed by atoms with Gasteiger partial charge in [-0.1, -0.05) is 16.8 Å². The summed E-state index contributed by atoms with van der Waals surface area (Å²) >= 11 is 9.24. The van der Waals surface area contributed by atoms with E-state index < -0.39 is 5.97 Å². The van der Waals surface area contributed by atoms with Crippen molar-refractivity contribution in [1.29, 1.82) is 0 Å². The van der Waals surface area contributed by atoms with Gasteiger partial charge in [-0.2, -0.15) is 0 Å². The van der Waals surface area contributed by atoms with E-state index >= 15 is 0 Å². The molecule has 0 amide bonds. The minimum absolute atomic E-state index is 0.0723. The van der Waals surface area contributed by atoms with Gasteiger partial charge in [-0.3, -0.25) is 0 Å². The maximum absolute atomic E-state index is 10.9. The zero-order valence-electron chi connectivity index (χ0n) is 8.69. The van der Waals surface area contributed by atoms with Crippen LogP contribution in [0.15, 0.2) is 22.7 Å². The van der Waals surface area contributed by atoms with Gasteiger partial charge in [0, 0.05) is 9.50 Å². The number of carboxylic acids is 1. The molecule has 0 atom stereocenters. The Hall–Kier alpha value is -1.40. The van der Waals surface area contributed by atoms with E-state index in [0.717, 1.165) is 4.47 Å². The van der Waals surface area contributed by atoms with Gasteiger partial charge < -0.3 is 5.11 Å². The van der Waals surface area contributed by atoms with Crippen LogP contribution in [0, 0.1) is 6.92 Å². The number of carboxylic acid groups (broad SMARTS) is 1. The summed E-state index contributed by atoms with van der Waals surface area (Å²) in [7, 11) is 0. The minimum Gasteiger partial charge on any atom is -0.476 e. The summed E-state index contributed by atoms with van der Waals surface area (Å²) in [4.78, 5) is 10.9. The van der Waals surface area contributed by atoms with Crippen LogP contribution in [0.5, 0.6) is 0 Å². The summed E-state index contributed by atoms with van der Waals surface area (Å²) in [5.41, 5.74) is 1.02. The van der Waals surface area contributed by atoms with E-state index in [1.54, 1.807) is 25.1 Å². The van der Waals surface area contributed by atoms with Crippen LogP contribution in [0.2, 0.25) is 5.02 Å². The highest BCUT2D eigenvalue weighted by Gasteiger charge is 2.17. The van der Waals surface area contributed by atoms with Crippen molar-refractivity contribution in [3.8, 4) is 5.69 Å². The van der Waals surface area contributed by atoms with E-state index in [4.69, 9.17) is 16.7 Å². The lowest BCUT2D eigenvalue weighted by molar-refractivity contribution is 0.0689. The summed E-state index contributed by atoms with van der Waals surface area (Å²) in [5, 5.41) is 16.9. The van der Waals surface area contributed by atoms with E-state index in [1.807, 2.05) is 0 Å². The van der Waals surface area contributed by atoms with Gasteiger partial charge in [-0.25, -0.2) is 9.48 Å². The van der Waals surface area contributed by atoms with E-state index in [2.05, 4.69) is 26.2 Å². The fourth-order valence-electron chi connectivity index (χ4n) is 1.40. The molecule has 0 aliphatic rings. The van der Waals surface area contributed by atoms with Gasteiger partial charge in [0.15, 0.2) is 5.69 Å². The predicted molar refractivity (Wildman–Crippen MR) is 65.8 cm³/mol. The molecule has 2 rings (SSSR count). The van der Waals surface area contributed by atoms with Crippen molar-refractivity contribution in [1.82, 2.24) is 15.0 Å². The predicted octanol–water partition coefficient (Wildman–Crippen LogP) is 2.69. The Morgan fingerprint density at radius 1 is 1.53 bits per heavy atom. The second-order valence-corrected chi connectivity index (χ2v) is 4.63. The molecular formula is C10H7BrClN3O2.